The maximum absolute atomic E-state index is 12.6. The van der Waals surface area contributed by atoms with E-state index in [4.69, 9.17) is 11.6 Å². The number of rotatable bonds is 4. The van der Waals surface area contributed by atoms with Crippen molar-refractivity contribution in [3.8, 4) is 11.3 Å². The van der Waals surface area contributed by atoms with Gasteiger partial charge in [0.1, 0.15) is 0 Å². The third kappa shape index (κ3) is 4.02. The monoisotopic (exact) mass is 378 g/mol. The van der Waals surface area contributed by atoms with Crippen LogP contribution in [0.2, 0.25) is 5.02 Å². The molecular weight excluding hydrogens is 360 g/mol. The first-order valence-corrected chi connectivity index (χ1v) is 9.42. The molecule has 1 heterocycles. The lowest BCUT2D eigenvalue weighted by Crippen LogP contribution is -2.36. The quantitative estimate of drug-likeness (QED) is 0.814. The molecule has 1 aliphatic rings. The van der Waals surface area contributed by atoms with E-state index in [1.165, 1.54) is 11.3 Å². The Morgan fingerprint density at radius 1 is 1.20 bits per heavy atom. The largest absolute Gasteiger partial charge is 0.481 e. The lowest BCUT2D eigenvalue weighted by Gasteiger charge is -2.26. The summed E-state index contributed by atoms with van der Waals surface area (Å²) < 4.78 is 0. The summed E-state index contributed by atoms with van der Waals surface area (Å²) in [7, 11) is 0. The number of carboxylic acid groups (broad SMARTS) is 1. The van der Waals surface area contributed by atoms with E-state index < -0.39 is 17.8 Å². The van der Waals surface area contributed by atoms with E-state index in [1.807, 2.05) is 19.1 Å². The van der Waals surface area contributed by atoms with Crippen molar-refractivity contribution in [2.45, 2.75) is 32.6 Å². The number of aromatic nitrogens is 1. The summed E-state index contributed by atoms with van der Waals surface area (Å²) in [6.07, 6.45) is 2.91. The molecule has 0 aliphatic heterocycles. The number of hydrogen-bond donors (Lipinski definition) is 2. The van der Waals surface area contributed by atoms with Crippen molar-refractivity contribution >= 4 is 39.9 Å². The van der Waals surface area contributed by atoms with Crippen LogP contribution >= 0.6 is 22.9 Å². The molecule has 1 aromatic carbocycles. The first kappa shape index (κ1) is 17.9. The predicted octanol–water partition coefficient (Wildman–Crippen LogP) is 4.60. The van der Waals surface area contributed by atoms with Crippen molar-refractivity contribution in [2.24, 2.45) is 11.8 Å². The molecule has 132 valence electrons. The van der Waals surface area contributed by atoms with Gasteiger partial charge in [0.15, 0.2) is 5.13 Å². The van der Waals surface area contributed by atoms with Gasteiger partial charge in [-0.25, -0.2) is 4.98 Å². The number of carbonyl (C=O) groups excluding carboxylic acids is 1. The summed E-state index contributed by atoms with van der Waals surface area (Å²) in [6, 6.07) is 7.37. The zero-order chi connectivity index (χ0) is 18.0. The molecule has 2 aromatic rings. The molecule has 1 fully saturated rings. The van der Waals surface area contributed by atoms with Crippen molar-refractivity contribution < 1.29 is 14.7 Å². The van der Waals surface area contributed by atoms with Crippen LogP contribution in [0.5, 0.6) is 0 Å². The molecule has 0 bridgehead atoms. The lowest BCUT2D eigenvalue weighted by molar-refractivity contribution is -0.147. The third-order valence-electron chi connectivity index (χ3n) is 4.56. The molecule has 2 N–H and O–H groups in total. The van der Waals surface area contributed by atoms with Crippen LogP contribution in [0.25, 0.3) is 11.3 Å². The van der Waals surface area contributed by atoms with Crippen LogP contribution in [-0.2, 0) is 9.59 Å². The zero-order valence-electron chi connectivity index (χ0n) is 13.8. The van der Waals surface area contributed by atoms with E-state index in [1.54, 1.807) is 12.1 Å². The van der Waals surface area contributed by atoms with Crippen molar-refractivity contribution in [1.29, 1.82) is 0 Å². The summed E-state index contributed by atoms with van der Waals surface area (Å²) >= 11 is 7.31. The minimum atomic E-state index is -0.892. The number of aryl methyl sites for hydroxylation is 1. The molecule has 0 spiro atoms. The molecule has 7 heteroatoms. The Morgan fingerprint density at radius 3 is 2.48 bits per heavy atom. The molecule has 5 nitrogen and oxygen atoms in total. The van der Waals surface area contributed by atoms with Crippen LogP contribution in [0.4, 0.5) is 5.13 Å². The number of aliphatic carboxylic acids is 1. The van der Waals surface area contributed by atoms with Crippen LogP contribution in [-0.4, -0.2) is 22.0 Å². The Morgan fingerprint density at radius 2 is 1.84 bits per heavy atom. The molecule has 0 saturated heterocycles. The van der Waals surface area contributed by atoms with Crippen LogP contribution in [0.3, 0.4) is 0 Å². The number of carboxylic acids is 1. The minimum absolute atomic E-state index is 0.247. The van der Waals surface area contributed by atoms with Gasteiger partial charge in [0.05, 0.1) is 17.5 Å². The normalized spacial score (nSPS) is 20.2. The van der Waals surface area contributed by atoms with Gasteiger partial charge in [-0.15, -0.1) is 11.3 Å². The van der Waals surface area contributed by atoms with Crippen LogP contribution < -0.4 is 5.32 Å². The third-order valence-corrected chi connectivity index (χ3v) is 5.70. The van der Waals surface area contributed by atoms with Crippen molar-refractivity contribution in [3.05, 3.63) is 34.2 Å². The minimum Gasteiger partial charge on any atom is -0.481 e. The fraction of sp³-hybridized carbons (Fsp3) is 0.389. The highest BCUT2D eigenvalue weighted by Crippen LogP contribution is 2.34. The molecule has 0 unspecified atom stereocenters. The van der Waals surface area contributed by atoms with Crippen LogP contribution in [0.15, 0.2) is 24.3 Å². The van der Waals surface area contributed by atoms with Gasteiger partial charge in [-0.1, -0.05) is 36.6 Å². The molecule has 0 radical (unpaired) electrons. The highest BCUT2D eigenvalue weighted by molar-refractivity contribution is 7.16. The summed E-state index contributed by atoms with van der Waals surface area (Å²) in [5.41, 5.74) is 1.73. The average Bonchev–Trinajstić information content (AvgIpc) is 2.95. The predicted molar refractivity (Wildman–Crippen MR) is 99.0 cm³/mol. The van der Waals surface area contributed by atoms with Gasteiger partial charge < -0.3 is 10.4 Å². The van der Waals surface area contributed by atoms with E-state index in [0.717, 1.165) is 29.0 Å². The number of amides is 1. The van der Waals surface area contributed by atoms with E-state index >= 15 is 0 Å². The summed E-state index contributed by atoms with van der Waals surface area (Å²) in [6.45, 7) is 1.94. The fourth-order valence-electron chi connectivity index (χ4n) is 3.26. The average molecular weight is 379 g/mol. The Balaban J connectivity index is 1.77. The van der Waals surface area contributed by atoms with Crippen molar-refractivity contribution in [3.63, 3.8) is 0 Å². The van der Waals surface area contributed by atoms with E-state index in [2.05, 4.69) is 10.3 Å². The molecule has 1 saturated carbocycles. The molecular formula is C18H19ClN2O3S. The molecule has 1 aromatic heterocycles. The van der Waals surface area contributed by atoms with Gasteiger partial charge in [-0.2, -0.15) is 0 Å². The van der Waals surface area contributed by atoms with Gasteiger partial charge in [0.2, 0.25) is 5.91 Å². The second-order valence-corrected chi connectivity index (χ2v) is 7.90. The van der Waals surface area contributed by atoms with E-state index in [0.29, 0.717) is 23.0 Å². The summed E-state index contributed by atoms with van der Waals surface area (Å²) in [5, 5.41) is 13.3. The maximum Gasteiger partial charge on any atom is 0.307 e. The fourth-order valence-corrected chi connectivity index (χ4v) is 4.23. The number of nitrogens with zero attached hydrogens (tertiary/aromatic N) is 1. The summed E-state index contributed by atoms with van der Waals surface area (Å²) in [4.78, 5) is 29.4. The van der Waals surface area contributed by atoms with Gasteiger partial charge in [0, 0.05) is 15.5 Å². The topological polar surface area (TPSA) is 79.3 Å². The molecule has 1 amide bonds. The van der Waals surface area contributed by atoms with E-state index in [9.17, 15) is 14.7 Å². The van der Waals surface area contributed by atoms with Crippen LogP contribution in [0.1, 0.15) is 30.6 Å². The molecule has 25 heavy (non-hydrogen) atoms. The molecule has 3 rings (SSSR count). The van der Waals surface area contributed by atoms with Gasteiger partial charge in [-0.05, 0) is 31.9 Å². The molecule has 2 atom stereocenters. The number of carbonyl (C=O) groups is 2. The Bertz CT molecular complexity index is 788. The molecule has 1 aliphatic carbocycles. The standard InChI is InChI=1S/C18H19ClN2O3S/c1-10-15(11-6-8-12(19)9-7-11)20-18(25-10)21-16(22)13-4-2-3-5-14(13)17(23)24/h6-9,13-14H,2-5H2,1H3,(H,23,24)(H,20,21,22)/t13-,14+/m0/s1. The van der Waals surface area contributed by atoms with Crippen LogP contribution in [0, 0.1) is 18.8 Å². The van der Waals surface area contributed by atoms with Crippen molar-refractivity contribution in [2.75, 3.05) is 5.32 Å². The second kappa shape index (κ2) is 7.54. The number of anilines is 1. The first-order valence-electron chi connectivity index (χ1n) is 8.22. The van der Waals surface area contributed by atoms with Gasteiger partial charge in [-0.3, -0.25) is 9.59 Å². The van der Waals surface area contributed by atoms with Gasteiger partial charge in [0.25, 0.3) is 0 Å². The van der Waals surface area contributed by atoms with Crippen molar-refractivity contribution in [1.82, 2.24) is 4.98 Å². The first-order chi connectivity index (χ1) is 12.0. The number of nitrogens with one attached hydrogen (secondary N) is 1. The smallest absolute Gasteiger partial charge is 0.307 e. The number of halogens is 1. The highest BCUT2D eigenvalue weighted by atomic mass is 35.5. The Kier molecular flexibility index (Phi) is 5.39. The lowest BCUT2D eigenvalue weighted by atomic mass is 9.79. The summed E-state index contributed by atoms with van der Waals surface area (Å²) in [5.74, 6) is -2.24. The highest BCUT2D eigenvalue weighted by Gasteiger charge is 2.36. The maximum atomic E-state index is 12.6. The second-order valence-electron chi connectivity index (χ2n) is 6.26. The van der Waals surface area contributed by atoms with Gasteiger partial charge >= 0.3 is 5.97 Å². The Labute approximate surface area is 155 Å². The van der Waals surface area contributed by atoms with E-state index in [-0.39, 0.29) is 5.91 Å². The number of thiazole rings is 1. The zero-order valence-corrected chi connectivity index (χ0v) is 15.4. The SMILES string of the molecule is Cc1sc(NC(=O)[C@H]2CCCC[C@H]2C(=O)O)nc1-c1ccc(Cl)cc1. The Hall–Kier alpha value is -1.92. The number of benzene rings is 1. The number of hydrogen-bond acceptors (Lipinski definition) is 4.